The highest BCUT2D eigenvalue weighted by Crippen LogP contribution is 2.32. The predicted octanol–water partition coefficient (Wildman–Crippen LogP) is 3.82. The van der Waals surface area contributed by atoms with Gasteiger partial charge in [-0.3, -0.25) is 9.89 Å². The zero-order chi connectivity index (χ0) is 20.4. The molecule has 0 amide bonds. The number of benzene rings is 2. The van der Waals surface area contributed by atoms with E-state index in [1.807, 2.05) is 30.3 Å². The van der Waals surface area contributed by atoms with Gasteiger partial charge in [0.2, 0.25) is 0 Å². The third-order valence-corrected chi connectivity index (χ3v) is 4.26. The second-order valence-corrected chi connectivity index (χ2v) is 6.31. The van der Waals surface area contributed by atoms with Crippen LogP contribution in [0.3, 0.4) is 0 Å². The Balaban J connectivity index is 1.53. The van der Waals surface area contributed by atoms with Crippen LogP contribution in [0.15, 0.2) is 65.5 Å². The second-order valence-electron chi connectivity index (χ2n) is 6.31. The summed E-state index contributed by atoms with van der Waals surface area (Å²) >= 11 is 0. The van der Waals surface area contributed by atoms with Gasteiger partial charge in [0.05, 0.1) is 24.5 Å². The molecule has 0 spiro atoms. The Bertz CT molecular complexity index is 1200. The third kappa shape index (κ3) is 4.04. The van der Waals surface area contributed by atoms with Gasteiger partial charge in [0.15, 0.2) is 5.82 Å². The van der Waals surface area contributed by atoms with E-state index in [4.69, 9.17) is 4.74 Å². The van der Waals surface area contributed by atoms with Gasteiger partial charge >= 0.3 is 6.18 Å². The molecule has 0 aliphatic rings. The molecular formula is C20H15F3N4O2. The van der Waals surface area contributed by atoms with Gasteiger partial charge in [0, 0.05) is 11.6 Å². The first kappa shape index (κ1) is 18.9. The highest BCUT2D eigenvalue weighted by molar-refractivity contribution is 5.56. The summed E-state index contributed by atoms with van der Waals surface area (Å²) in [6.45, 7) is -0.377. The smallest absolute Gasteiger partial charge is 0.370 e. The Labute approximate surface area is 162 Å². The van der Waals surface area contributed by atoms with E-state index >= 15 is 0 Å². The monoisotopic (exact) mass is 400 g/mol. The maximum Gasteiger partial charge on any atom is 0.416 e. The molecular weight excluding hydrogens is 385 g/mol. The van der Waals surface area contributed by atoms with E-state index in [0.29, 0.717) is 5.82 Å². The lowest BCUT2D eigenvalue weighted by molar-refractivity contribution is -0.138. The molecule has 0 saturated heterocycles. The Morgan fingerprint density at radius 2 is 1.69 bits per heavy atom. The van der Waals surface area contributed by atoms with Gasteiger partial charge in [-0.1, -0.05) is 48.5 Å². The van der Waals surface area contributed by atoms with Crippen molar-refractivity contribution in [2.45, 2.75) is 19.4 Å². The Morgan fingerprint density at radius 1 is 0.966 bits per heavy atom. The lowest BCUT2D eigenvalue weighted by atomic mass is 10.1. The standard InChI is InChI=1S/C20H15F3N4O2/c21-20(22,23)16-9-5-4-8-14(16)11-29-12-15-10-17(28)27-19(24-15)25-18(26-27)13-6-2-1-3-7-13/h1-10H,11-12H2,(H,24,25,26). The number of hydrogen-bond acceptors (Lipinski definition) is 4. The SMILES string of the molecule is O=c1cc(COCc2ccccc2C(F)(F)F)nc2nc(-c3ccccc3)[nH]n12. The highest BCUT2D eigenvalue weighted by atomic mass is 19.4. The lowest BCUT2D eigenvalue weighted by Crippen LogP contribution is -2.16. The highest BCUT2D eigenvalue weighted by Gasteiger charge is 2.32. The van der Waals surface area contributed by atoms with Crippen LogP contribution in [0.5, 0.6) is 0 Å². The number of hydrogen-bond donors (Lipinski definition) is 1. The van der Waals surface area contributed by atoms with Crippen LogP contribution in [-0.4, -0.2) is 19.6 Å². The molecule has 0 atom stereocenters. The third-order valence-electron chi connectivity index (χ3n) is 4.26. The van der Waals surface area contributed by atoms with Crippen LogP contribution in [0.2, 0.25) is 0 Å². The summed E-state index contributed by atoms with van der Waals surface area (Å²) in [5, 5.41) is 2.88. The molecule has 0 bridgehead atoms. The minimum atomic E-state index is -4.46. The fourth-order valence-electron chi connectivity index (χ4n) is 2.91. The van der Waals surface area contributed by atoms with Crippen molar-refractivity contribution in [1.29, 1.82) is 0 Å². The summed E-state index contributed by atoms with van der Waals surface area (Å²) in [4.78, 5) is 20.9. The first-order valence-electron chi connectivity index (χ1n) is 8.69. The van der Waals surface area contributed by atoms with E-state index < -0.39 is 11.7 Å². The summed E-state index contributed by atoms with van der Waals surface area (Å²) in [6.07, 6.45) is -4.46. The predicted molar refractivity (Wildman–Crippen MR) is 99.0 cm³/mol. The normalized spacial score (nSPS) is 11.8. The molecule has 9 heteroatoms. The van der Waals surface area contributed by atoms with E-state index in [9.17, 15) is 18.0 Å². The summed E-state index contributed by atoms with van der Waals surface area (Å²) in [7, 11) is 0. The Hall–Kier alpha value is -3.46. The zero-order valence-electron chi connectivity index (χ0n) is 15.0. The van der Waals surface area contributed by atoms with Crippen LogP contribution in [0.4, 0.5) is 13.2 Å². The van der Waals surface area contributed by atoms with Gasteiger partial charge in [0.1, 0.15) is 0 Å². The fourth-order valence-corrected chi connectivity index (χ4v) is 2.91. The summed E-state index contributed by atoms with van der Waals surface area (Å²) < 4.78 is 45.7. The summed E-state index contributed by atoms with van der Waals surface area (Å²) in [5.74, 6) is 0.637. The quantitative estimate of drug-likeness (QED) is 0.553. The van der Waals surface area contributed by atoms with Crippen molar-refractivity contribution in [1.82, 2.24) is 19.6 Å². The first-order valence-corrected chi connectivity index (χ1v) is 8.69. The minimum Gasteiger partial charge on any atom is -0.370 e. The average molecular weight is 400 g/mol. The number of nitrogens with zero attached hydrogens (tertiary/aromatic N) is 3. The number of ether oxygens (including phenoxy) is 1. The molecule has 0 radical (unpaired) electrons. The molecule has 0 aliphatic carbocycles. The fraction of sp³-hybridized carbons (Fsp3) is 0.150. The van der Waals surface area contributed by atoms with Gasteiger partial charge in [-0.25, -0.2) is 4.98 Å². The maximum atomic E-state index is 13.0. The maximum absolute atomic E-state index is 13.0. The van der Waals surface area contributed by atoms with Gasteiger partial charge < -0.3 is 4.74 Å². The van der Waals surface area contributed by atoms with Crippen LogP contribution < -0.4 is 5.56 Å². The van der Waals surface area contributed by atoms with E-state index in [1.54, 1.807) is 0 Å². The van der Waals surface area contributed by atoms with Gasteiger partial charge in [0.25, 0.3) is 11.3 Å². The molecule has 2 heterocycles. The minimum absolute atomic E-state index is 0.0175. The molecule has 148 valence electrons. The van der Waals surface area contributed by atoms with Crippen LogP contribution in [0, 0.1) is 0 Å². The van der Waals surface area contributed by atoms with Crippen LogP contribution >= 0.6 is 0 Å². The number of aromatic nitrogens is 4. The largest absolute Gasteiger partial charge is 0.416 e. The molecule has 0 fully saturated rings. The summed E-state index contributed by atoms with van der Waals surface area (Å²) in [6, 6.07) is 15.7. The lowest BCUT2D eigenvalue weighted by Gasteiger charge is -2.12. The number of fused-ring (bicyclic) bond motifs is 1. The molecule has 2 aromatic carbocycles. The van der Waals surface area contributed by atoms with E-state index in [-0.39, 0.29) is 35.8 Å². The number of H-pyrrole nitrogens is 1. The Kier molecular flexibility index (Phi) is 4.89. The summed E-state index contributed by atoms with van der Waals surface area (Å²) in [5.41, 5.74) is -0.0456. The molecule has 1 N–H and O–H groups in total. The van der Waals surface area contributed by atoms with E-state index in [2.05, 4.69) is 15.1 Å². The number of nitrogens with one attached hydrogen (secondary N) is 1. The second kappa shape index (κ2) is 7.51. The molecule has 2 aromatic heterocycles. The van der Waals surface area contributed by atoms with Crippen molar-refractivity contribution in [2.24, 2.45) is 0 Å². The van der Waals surface area contributed by atoms with Gasteiger partial charge in [-0.2, -0.15) is 22.7 Å². The topological polar surface area (TPSA) is 72.3 Å². The van der Waals surface area contributed by atoms with Crippen molar-refractivity contribution in [3.63, 3.8) is 0 Å². The zero-order valence-corrected chi connectivity index (χ0v) is 15.0. The molecule has 0 saturated carbocycles. The Morgan fingerprint density at radius 3 is 2.45 bits per heavy atom. The number of halogens is 3. The van der Waals surface area contributed by atoms with Crippen LogP contribution in [-0.2, 0) is 24.1 Å². The van der Waals surface area contributed by atoms with E-state index in [1.165, 1.54) is 28.8 Å². The average Bonchev–Trinajstić information content (AvgIpc) is 3.13. The van der Waals surface area contributed by atoms with Crippen LogP contribution in [0.1, 0.15) is 16.8 Å². The molecule has 4 rings (SSSR count). The van der Waals surface area contributed by atoms with Crippen LogP contribution in [0.25, 0.3) is 17.2 Å². The molecule has 6 nitrogen and oxygen atoms in total. The van der Waals surface area contributed by atoms with Gasteiger partial charge in [-0.15, -0.1) is 0 Å². The van der Waals surface area contributed by atoms with Crippen molar-refractivity contribution >= 4 is 5.78 Å². The van der Waals surface area contributed by atoms with E-state index in [0.717, 1.165) is 11.6 Å². The first-order chi connectivity index (χ1) is 13.9. The van der Waals surface area contributed by atoms with Crippen molar-refractivity contribution in [3.05, 3.63) is 87.8 Å². The number of alkyl halides is 3. The van der Waals surface area contributed by atoms with Crippen molar-refractivity contribution < 1.29 is 17.9 Å². The molecule has 29 heavy (non-hydrogen) atoms. The van der Waals surface area contributed by atoms with Crippen molar-refractivity contribution in [3.8, 4) is 11.4 Å². The van der Waals surface area contributed by atoms with Gasteiger partial charge in [-0.05, 0) is 11.6 Å². The molecule has 0 aliphatic heterocycles. The number of rotatable bonds is 5. The molecule has 0 unspecified atom stereocenters. The molecule has 4 aromatic rings. The van der Waals surface area contributed by atoms with Crippen molar-refractivity contribution in [2.75, 3.05) is 0 Å². The number of aromatic amines is 1.